The number of Topliss-reactive ketones (excluding diaryl/α,β-unsaturated/α-hetero) is 3. The largest absolute Gasteiger partial charge is 0.494 e. The molecule has 4 aromatic rings. The number of aromatic nitrogens is 2. The van der Waals surface area contributed by atoms with Crippen molar-refractivity contribution in [3.63, 3.8) is 0 Å². The Labute approximate surface area is 392 Å². The monoisotopic (exact) mass is 975 g/mol. The highest BCUT2D eigenvalue weighted by atomic mass is 79.9. The number of carbonyl (C=O) groups excluding carboxylic acids is 3. The minimum absolute atomic E-state index is 0.000916. The van der Waals surface area contributed by atoms with Gasteiger partial charge in [-0.15, -0.1) is 0 Å². The first-order chi connectivity index (χ1) is 31.7. The lowest BCUT2D eigenvalue weighted by Gasteiger charge is -2.32. The van der Waals surface area contributed by atoms with Gasteiger partial charge in [0.2, 0.25) is 0 Å². The molecule has 1 saturated carbocycles. The van der Waals surface area contributed by atoms with Crippen molar-refractivity contribution in [3.8, 4) is 17.6 Å². The number of nitrogens with zero attached hydrogens (tertiary/aromatic N) is 5. The number of carbonyl (C=O) groups is 3. The fourth-order valence-corrected chi connectivity index (χ4v) is 7.97. The van der Waals surface area contributed by atoms with E-state index >= 15 is 0 Å². The number of alkyl halides is 3. The third-order valence-electron chi connectivity index (χ3n) is 11.4. The van der Waals surface area contributed by atoms with Gasteiger partial charge in [-0.3, -0.25) is 29.3 Å². The smallest absolute Gasteiger partial charge is 0.417 e. The molecule has 0 amide bonds. The first-order valence-corrected chi connectivity index (χ1v) is 23.3. The Morgan fingerprint density at radius 2 is 1.71 bits per heavy atom. The Hall–Kier alpha value is -5.21. The molecule has 1 aliphatic heterocycles. The molecule has 66 heavy (non-hydrogen) atoms. The molecule has 1 aromatic heterocycles. The van der Waals surface area contributed by atoms with Crippen LogP contribution in [-0.2, 0) is 49.3 Å². The van der Waals surface area contributed by atoms with Crippen LogP contribution in [0.25, 0.3) is 0 Å². The molecule has 0 N–H and O–H groups in total. The number of halogens is 4. The summed E-state index contributed by atoms with van der Waals surface area (Å²) in [5.74, 6) is 1.73. The lowest BCUT2D eigenvalue weighted by atomic mass is 10.0. The summed E-state index contributed by atoms with van der Waals surface area (Å²) in [4.78, 5) is 51.2. The van der Waals surface area contributed by atoms with Gasteiger partial charge in [-0.25, -0.2) is 0 Å². The molecule has 2 heterocycles. The zero-order chi connectivity index (χ0) is 47.1. The Bertz CT molecular complexity index is 2300. The first kappa shape index (κ1) is 50.2. The third-order valence-corrected chi connectivity index (χ3v) is 12.2. The van der Waals surface area contributed by atoms with Gasteiger partial charge >= 0.3 is 6.18 Å². The Morgan fingerprint density at radius 3 is 2.44 bits per heavy atom. The number of aryl methyl sites for hydroxylation is 3. The zero-order valence-corrected chi connectivity index (χ0v) is 39.1. The van der Waals surface area contributed by atoms with Crippen molar-refractivity contribution in [2.24, 2.45) is 5.92 Å². The number of hydrogen-bond donors (Lipinski definition) is 0. The molecular weight excluding hydrogens is 919 g/mol. The lowest BCUT2D eigenvalue weighted by molar-refractivity contribution is -0.137. The topological polar surface area (TPSA) is 144 Å². The van der Waals surface area contributed by atoms with E-state index in [-0.39, 0.29) is 55.9 Å². The molecule has 1 saturated heterocycles. The second-order valence-corrected chi connectivity index (χ2v) is 17.9. The van der Waals surface area contributed by atoms with Gasteiger partial charge < -0.3 is 23.8 Å². The molecule has 0 spiro atoms. The van der Waals surface area contributed by atoms with E-state index in [1.165, 1.54) is 12.1 Å². The van der Waals surface area contributed by atoms with Crippen LogP contribution < -0.4 is 14.4 Å². The van der Waals surface area contributed by atoms with Gasteiger partial charge in [0.25, 0.3) is 0 Å². The summed E-state index contributed by atoms with van der Waals surface area (Å²) in [6.45, 7) is 8.04. The van der Waals surface area contributed by atoms with Crippen LogP contribution in [0.1, 0.15) is 77.7 Å². The molecule has 0 unspecified atom stereocenters. The van der Waals surface area contributed by atoms with Gasteiger partial charge in [0.15, 0.2) is 5.78 Å². The van der Waals surface area contributed by atoms with E-state index < -0.39 is 17.3 Å². The molecule has 3 aromatic carbocycles. The number of benzene rings is 3. The molecule has 6 rings (SSSR count). The average molecular weight is 977 g/mol. The predicted molar refractivity (Wildman–Crippen MR) is 246 cm³/mol. The normalized spacial score (nSPS) is 15.3. The zero-order valence-electron chi connectivity index (χ0n) is 37.5. The number of ketones is 3. The Balaban J connectivity index is 0.824. The van der Waals surface area contributed by atoms with Gasteiger partial charge in [0, 0.05) is 86.6 Å². The summed E-state index contributed by atoms with van der Waals surface area (Å²) in [6.07, 6.45) is 3.14. The molecule has 0 bridgehead atoms. The van der Waals surface area contributed by atoms with Crippen LogP contribution in [0.2, 0.25) is 0 Å². The fourth-order valence-electron chi connectivity index (χ4n) is 7.58. The lowest BCUT2D eigenvalue weighted by Crippen LogP contribution is -2.46. The third kappa shape index (κ3) is 16.3. The molecule has 12 nitrogen and oxygen atoms in total. The minimum atomic E-state index is -4.67. The highest BCUT2D eigenvalue weighted by Crippen LogP contribution is 2.37. The maximum atomic E-state index is 13.6. The van der Waals surface area contributed by atoms with E-state index in [1.54, 1.807) is 23.4 Å². The Kier molecular flexibility index (Phi) is 18.7. The van der Waals surface area contributed by atoms with Crippen LogP contribution in [0.15, 0.2) is 71.5 Å². The molecule has 1 atom stereocenters. The summed E-state index contributed by atoms with van der Waals surface area (Å²) in [6, 6.07) is 16.6. The molecular formula is C50H57BrF3N5O7. The number of hydrogen-bond acceptors (Lipinski definition) is 12. The van der Waals surface area contributed by atoms with E-state index in [1.807, 2.05) is 50.2 Å². The summed E-state index contributed by atoms with van der Waals surface area (Å²) in [5.41, 5.74) is 2.99. The molecule has 16 heteroatoms. The van der Waals surface area contributed by atoms with Crippen LogP contribution in [-0.4, -0.2) is 104 Å². The van der Waals surface area contributed by atoms with Gasteiger partial charge in [-0.1, -0.05) is 28.1 Å². The van der Waals surface area contributed by atoms with Crippen LogP contribution in [0.4, 0.5) is 18.9 Å². The van der Waals surface area contributed by atoms with E-state index in [4.69, 9.17) is 18.9 Å². The van der Waals surface area contributed by atoms with Gasteiger partial charge in [-0.2, -0.15) is 18.4 Å². The minimum Gasteiger partial charge on any atom is -0.494 e. The number of morpholine rings is 1. The second kappa shape index (κ2) is 24.5. The SMILES string of the molecule is Cc1cnc(CC(=O)Cc2cc(Br)c(C)cc2OC[C@@H]2CN(CC(=O)CCCOCCCOc3ccc(CCC(=O)CN(CC4CC4)c4ccc(C#N)c(C(F)(F)F)c4)cc3)CCO2)cn1. The molecule has 0 radical (unpaired) electrons. The molecule has 2 aliphatic rings. The number of ether oxygens (including phenoxy) is 4. The summed E-state index contributed by atoms with van der Waals surface area (Å²) in [7, 11) is 0. The summed E-state index contributed by atoms with van der Waals surface area (Å²) < 4.78 is 65.6. The van der Waals surface area contributed by atoms with Gasteiger partial charge in [-0.05, 0) is 99.0 Å². The highest BCUT2D eigenvalue weighted by Gasteiger charge is 2.35. The van der Waals surface area contributed by atoms with Crippen molar-refractivity contribution < 1.29 is 46.5 Å². The van der Waals surface area contributed by atoms with E-state index in [0.717, 1.165) is 45.8 Å². The van der Waals surface area contributed by atoms with Crippen molar-refractivity contribution in [2.75, 3.05) is 70.7 Å². The standard InChI is InChI=1S/C50H57BrF3N5O7/c1-34-21-49(39(23-48(34)51)22-44(62)24-40-28-56-35(2)27-57-40)66-33-46-32-58(16-20-65-46)30-42(60)5-3-17-63-18-4-19-64-45-14-9-36(10-15-45)8-13-43(61)31-59(29-37-6-7-37)41-12-11-38(26-55)47(25-41)50(52,53)54/h9-12,14-15,21,23,25,27-28,37,46H,3-8,13,16-20,22,24,29-33H2,1-2H3/t46-/m0/s1. The first-order valence-electron chi connectivity index (χ1n) is 22.5. The van der Waals surface area contributed by atoms with Gasteiger partial charge in [0.1, 0.15) is 35.8 Å². The summed E-state index contributed by atoms with van der Waals surface area (Å²) in [5, 5.41) is 9.17. The molecule has 1 aliphatic carbocycles. The van der Waals surface area contributed by atoms with Crippen LogP contribution in [0.5, 0.6) is 11.5 Å². The van der Waals surface area contributed by atoms with Crippen molar-refractivity contribution in [3.05, 3.63) is 111 Å². The number of anilines is 1. The van der Waals surface area contributed by atoms with Crippen LogP contribution in [0.3, 0.4) is 0 Å². The highest BCUT2D eigenvalue weighted by molar-refractivity contribution is 9.10. The van der Waals surface area contributed by atoms with E-state index in [0.29, 0.717) is 107 Å². The van der Waals surface area contributed by atoms with E-state index in [2.05, 4.69) is 30.8 Å². The van der Waals surface area contributed by atoms with Crippen molar-refractivity contribution in [1.82, 2.24) is 14.9 Å². The number of nitriles is 1. The van der Waals surface area contributed by atoms with Crippen LogP contribution >= 0.6 is 15.9 Å². The quantitative estimate of drug-likeness (QED) is 0.0557. The van der Waals surface area contributed by atoms with Crippen molar-refractivity contribution >= 4 is 39.0 Å². The van der Waals surface area contributed by atoms with E-state index in [9.17, 15) is 32.8 Å². The average Bonchev–Trinajstić information content (AvgIpc) is 4.12. The summed E-state index contributed by atoms with van der Waals surface area (Å²) >= 11 is 3.58. The maximum absolute atomic E-state index is 13.6. The predicted octanol–water partition coefficient (Wildman–Crippen LogP) is 8.43. The second-order valence-electron chi connectivity index (χ2n) is 17.1. The fraction of sp³-hybridized carbons (Fsp3) is 0.480. The van der Waals surface area contributed by atoms with Gasteiger partial charge in [0.05, 0.1) is 61.3 Å². The van der Waals surface area contributed by atoms with Crippen molar-refractivity contribution in [2.45, 2.75) is 83.9 Å². The number of rotatable bonds is 26. The van der Waals surface area contributed by atoms with Crippen molar-refractivity contribution in [1.29, 1.82) is 5.26 Å². The maximum Gasteiger partial charge on any atom is 0.417 e. The molecule has 2 fully saturated rings. The van der Waals surface area contributed by atoms with Crippen LogP contribution in [0, 0.1) is 31.1 Å². The Morgan fingerprint density at radius 1 is 0.924 bits per heavy atom. The molecule has 352 valence electrons.